The molecular formula is C15H20N4. The summed E-state index contributed by atoms with van der Waals surface area (Å²) in [5.74, 6) is 1.63. The van der Waals surface area contributed by atoms with Gasteiger partial charge >= 0.3 is 0 Å². The van der Waals surface area contributed by atoms with Crippen LogP contribution in [0.3, 0.4) is 0 Å². The first kappa shape index (κ1) is 13.3. The van der Waals surface area contributed by atoms with E-state index in [9.17, 15) is 0 Å². The van der Waals surface area contributed by atoms with Crippen LogP contribution in [0.2, 0.25) is 0 Å². The summed E-state index contributed by atoms with van der Waals surface area (Å²) in [4.78, 5) is 8.47. The Balaban J connectivity index is 2.24. The number of hydrogen-bond donors (Lipinski definition) is 2. The van der Waals surface area contributed by atoms with Gasteiger partial charge in [0.2, 0.25) is 0 Å². The fraction of sp³-hybridized carbons (Fsp3) is 0.333. The first-order valence-electron chi connectivity index (χ1n) is 6.48. The molecule has 4 nitrogen and oxygen atoms in total. The van der Waals surface area contributed by atoms with Gasteiger partial charge in [-0.25, -0.2) is 9.97 Å². The largest absolute Gasteiger partial charge is 0.368 e. The number of anilines is 3. The summed E-state index contributed by atoms with van der Waals surface area (Å²) in [6.45, 7) is 8.34. The Morgan fingerprint density at radius 2 is 1.63 bits per heavy atom. The highest BCUT2D eigenvalue weighted by molar-refractivity contribution is 5.65. The zero-order chi connectivity index (χ0) is 13.8. The lowest BCUT2D eigenvalue weighted by Gasteiger charge is -2.13. The van der Waals surface area contributed by atoms with Crippen molar-refractivity contribution in [2.75, 3.05) is 10.6 Å². The topological polar surface area (TPSA) is 49.8 Å². The van der Waals surface area contributed by atoms with Gasteiger partial charge in [0.1, 0.15) is 18.0 Å². The molecule has 0 unspecified atom stereocenters. The van der Waals surface area contributed by atoms with Crippen molar-refractivity contribution in [3.8, 4) is 0 Å². The second-order valence-electron chi connectivity index (χ2n) is 4.98. The van der Waals surface area contributed by atoms with Crippen LogP contribution in [0.25, 0.3) is 0 Å². The molecule has 2 N–H and O–H groups in total. The van der Waals surface area contributed by atoms with Gasteiger partial charge in [-0.15, -0.1) is 0 Å². The predicted molar refractivity (Wildman–Crippen MR) is 80.0 cm³/mol. The highest BCUT2D eigenvalue weighted by atomic mass is 15.1. The van der Waals surface area contributed by atoms with E-state index in [1.807, 2.05) is 6.07 Å². The number of nitrogens with zero attached hydrogens (tertiary/aromatic N) is 2. The second-order valence-corrected chi connectivity index (χ2v) is 4.98. The molecule has 0 amide bonds. The maximum absolute atomic E-state index is 4.26. The molecule has 100 valence electrons. The van der Waals surface area contributed by atoms with Gasteiger partial charge in [-0.2, -0.15) is 0 Å². The summed E-state index contributed by atoms with van der Waals surface area (Å²) in [6, 6.07) is 8.50. The van der Waals surface area contributed by atoms with E-state index < -0.39 is 0 Å². The smallest absolute Gasteiger partial charge is 0.135 e. The van der Waals surface area contributed by atoms with Crippen LogP contribution in [0.4, 0.5) is 17.3 Å². The number of benzene rings is 1. The maximum Gasteiger partial charge on any atom is 0.135 e. The van der Waals surface area contributed by atoms with E-state index in [4.69, 9.17) is 0 Å². The van der Waals surface area contributed by atoms with Gasteiger partial charge in [0.05, 0.1) is 0 Å². The van der Waals surface area contributed by atoms with Gasteiger partial charge in [-0.1, -0.05) is 18.2 Å². The van der Waals surface area contributed by atoms with Crippen LogP contribution in [0.15, 0.2) is 30.6 Å². The molecule has 0 aliphatic heterocycles. The Bertz CT molecular complexity index is 544. The van der Waals surface area contributed by atoms with Crippen molar-refractivity contribution in [1.82, 2.24) is 9.97 Å². The van der Waals surface area contributed by atoms with Gasteiger partial charge in [-0.3, -0.25) is 0 Å². The quantitative estimate of drug-likeness (QED) is 0.876. The predicted octanol–water partition coefficient (Wildman–Crippen LogP) is 3.66. The van der Waals surface area contributed by atoms with Crippen molar-refractivity contribution in [2.45, 2.75) is 33.7 Å². The van der Waals surface area contributed by atoms with Crippen LogP contribution in [-0.2, 0) is 0 Å². The summed E-state index contributed by atoms with van der Waals surface area (Å²) in [5.41, 5.74) is 3.52. The van der Waals surface area contributed by atoms with Crippen LogP contribution in [-0.4, -0.2) is 16.0 Å². The summed E-state index contributed by atoms with van der Waals surface area (Å²) < 4.78 is 0. The Hall–Kier alpha value is -2.10. The number of rotatable bonds is 4. The molecule has 0 bridgehead atoms. The van der Waals surface area contributed by atoms with E-state index in [0.29, 0.717) is 6.04 Å². The zero-order valence-electron chi connectivity index (χ0n) is 11.9. The van der Waals surface area contributed by atoms with Crippen molar-refractivity contribution in [1.29, 1.82) is 0 Å². The number of hydrogen-bond acceptors (Lipinski definition) is 4. The highest BCUT2D eigenvalue weighted by Crippen LogP contribution is 2.23. The summed E-state index contributed by atoms with van der Waals surface area (Å²) in [7, 11) is 0. The molecule has 4 heteroatoms. The molecule has 19 heavy (non-hydrogen) atoms. The summed E-state index contributed by atoms with van der Waals surface area (Å²) >= 11 is 0. The Kier molecular flexibility index (Phi) is 4.00. The third kappa shape index (κ3) is 3.44. The zero-order valence-corrected chi connectivity index (χ0v) is 11.9. The molecular weight excluding hydrogens is 236 g/mol. The SMILES string of the molecule is Cc1cccc(C)c1Nc1cc(NC(C)C)ncn1. The average Bonchev–Trinajstić information content (AvgIpc) is 2.34. The van der Waals surface area contributed by atoms with Crippen molar-refractivity contribution >= 4 is 17.3 Å². The van der Waals surface area contributed by atoms with Crippen LogP contribution >= 0.6 is 0 Å². The minimum Gasteiger partial charge on any atom is -0.368 e. The molecule has 0 spiro atoms. The first-order valence-corrected chi connectivity index (χ1v) is 6.48. The molecule has 0 saturated carbocycles. The van der Waals surface area contributed by atoms with Crippen molar-refractivity contribution < 1.29 is 0 Å². The van der Waals surface area contributed by atoms with Crippen LogP contribution < -0.4 is 10.6 Å². The molecule has 0 atom stereocenters. The van der Waals surface area contributed by atoms with E-state index in [0.717, 1.165) is 17.3 Å². The van der Waals surface area contributed by atoms with Gasteiger partial charge in [-0.05, 0) is 38.8 Å². The average molecular weight is 256 g/mol. The van der Waals surface area contributed by atoms with Gasteiger partial charge in [0.15, 0.2) is 0 Å². The van der Waals surface area contributed by atoms with E-state index in [1.54, 1.807) is 6.33 Å². The second kappa shape index (κ2) is 5.69. The fourth-order valence-electron chi connectivity index (χ4n) is 1.94. The van der Waals surface area contributed by atoms with Gasteiger partial charge in [0.25, 0.3) is 0 Å². The lowest BCUT2D eigenvalue weighted by molar-refractivity contribution is 0.886. The first-order chi connectivity index (χ1) is 9.06. The molecule has 1 aromatic carbocycles. The van der Waals surface area contributed by atoms with Crippen LogP contribution in [0.1, 0.15) is 25.0 Å². The van der Waals surface area contributed by atoms with Crippen molar-refractivity contribution in [2.24, 2.45) is 0 Å². The Morgan fingerprint density at radius 3 is 2.26 bits per heavy atom. The van der Waals surface area contributed by atoms with Crippen molar-refractivity contribution in [3.05, 3.63) is 41.7 Å². The third-order valence-corrected chi connectivity index (χ3v) is 2.84. The van der Waals surface area contributed by atoms with E-state index in [1.165, 1.54) is 11.1 Å². The third-order valence-electron chi connectivity index (χ3n) is 2.84. The molecule has 0 aliphatic carbocycles. The minimum absolute atomic E-state index is 0.350. The monoisotopic (exact) mass is 256 g/mol. The molecule has 0 aliphatic rings. The fourth-order valence-corrected chi connectivity index (χ4v) is 1.94. The Labute approximate surface area is 114 Å². The van der Waals surface area contributed by atoms with E-state index in [-0.39, 0.29) is 0 Å². The van der Waals surface area contributed by atoms with E-state index in [2.05, 4.69) is 66.5 Å². The molecule has 1 aromatic heterocycles. The lowest BCUT2D eigenvalue weighted by atomic mass is 10.1. The summed E-state index contributed by atoms with van der Waals surface area (Å²) in [5, 5.41) is 6.63. The molecule has 0 radical (unpaired) electrons. The standard InChI is InChI=1S/C15H20N4/c1-10(2)18-13-8-14(17-9-16-13)19-15-11(3)6-5-7-12(15)4/h5-10H,1-4H3,(H2,16,17,18,19). The van der Waals surface area contributed by atoms with Gasteiger partial charge in [0, 0.05) is 17.8 Å². The highest BCUT2D eigenvalue weighted by Gasteiger charge is 2.05. The van der Waals surface area contributed by atoms with Crippen molar-refractivity contribution in [3.63, 3.8) is 0 Å². The number of aromatic nitrogens is 2. The van der Waals surface area contributed by atoms with E-state index >= 15 is 0 Å². The minimum atomic E-state index is 0.350. The molecule has 2 aromatic rings. The molecule has 2 rings (SSSR count). The lowest BCUT2D eigenvalue weighted by Crippen LogP contribution is -2.11. The normalized spacial score (nSPS) is 10.6. The molecule has 0 saturated heterocycles. The molecule has 1 heterocycles. The van der Waals surface area contributed by atoms with Gasteiger partial charge < -0.3 is 10.6 Å². The van der Waals surface area contributed by atoms with Crippen LogP contribution in [0, 0.1) is 13.8 Å². The maximum atomic E-state index is 4.26. The number of nitrogens with one attached hydrogen (secondary N) is 2. The van der Waals surface area contributed by atoms with Crippen LogP contribution in [0.5, 0.6) is 0 Å². The Morgan fingerprint density at radius 1 is 1.00 bits per heavy atom. The number of aryl methyl sites for hydroxylation is 2. The summed E-state index contributed by atoms with van der Waals surface area (Å²) in [6.07, 6.45) is 1.57. The number of para-hydroxylation sites is 1. The molecule has 0 fully saturated rings.